The largest absolute Gasteiger partial charge is 0.354 e. The number of thiazole rings is 1. The lowest BCUT2D eigenvalue weighted by molar-refractivity contribution is -0.132. The van der Waals surface area contributed by atoms with Gasteiger partial charge in [0.1, 0.15) is 29.3 Å². The van der Waals surface area contributed by atoms with Gasteiger partial charge in [0.15, 0.2) is 5.82 Å². The summed E-state index contributed by atoms with van der Waals surface area (Å²) >= 11 is 1.24. The lowest BCUT2D eigenvalue weighted by Crippen LogP contribution is -2.54. The molecule has 0 saturated carbocycles. The Bertz CT molecular complexity index is 1600. The van der Waals surface area contributed by atoms with E-state index in [2.05, 4.69) is 36.3 Å². The van der Waals surface area contributed by atoms with Crippen LogP contribution in [0.3, 0.4) is 0 Å². The lowest BCUT2D eigenvalue weighted by atomic mass is 10.0. The fourth-order valence-electron chi connectivity index (χ4n) is 5.22. The second kappa shape index (κ2) is 15.8. The number of carbonyl (C=O) groups is 5. The number of fused-ring (bicyclic) bond motifs is 1. The van der Waals surface area contributed by atoms with Gasteiger partial charge < -0.3 is 26.2 Å². The number of aromatic nitrogens is 4. The fraction of sp³-hybridized carbons (Fsp3) is 0.500. The van der Waals surface area contributed by atoms with E-state index in [0.717, 1.165) is 10.6 Å². The highest BCUT2D eigenvalue weighted by Gasteiger charge is 2.29. The summed E-state index contributed by atoms with van der Waals surface area (Å²) in [7, 11) is 0. The molecule has 1 aliphatic heterocycles. The van der Waals surface area contributed by atoms with Gasteiger partial charge >= 0.3 is 0 Å². The molecule has 0 aliphatic carbocycles. The number of hydrogen-bond donors (Lipinski definition) is 4. The van der Waals surface area contributed by atoms with Gasteiger partial charge in [-0.3, -0.25) is 24.0 Å². The van der Waals surface area contributed by atoms with E-state index in [9.17, 15) is 24.0 Å². The third kappa shape index (κ3) is 9.44. The van der Waals surface area contributed by atoms with Crippen LogP contribution < -0.4 is 21.3 Å². The van der Waals surface area contributed by atoms with Gasteiger partial charge in [0.2, 0.25) is 23.6 Å². The standard InChI is InChI=1S/C32H43N9O5S/c1-18(2)15-24-31(45)36-20(4)29-38-28(23-11-8-7-9-12-23)39-41(29)17-25(42)33-13-10-14-40(16-26(43)35-21(5)30(44)37-24)32(46)27-19(3)34-22(6)47-27/h7-9,11-12,18,20-21,24H,10,13-17H2,1-6H3,(H,33,42)(H,35,43)(H,36,45)(H,37,44)/t20-,21+,24+/m0/s1. The first-order valence-electron chi connectivity index (χ1n) is 15.7. The van der Waals surface area contributed by atoms with Crippen molar-refractivity contribution in [2.45, 2.75) is 79.1 Å². The second-order valence-corrected chi connectivity index (χ2v) is 13.3. The zero-order valence-corrected chi connectivity index (χ0v) is 28.4. The topological polar surface area (TPSA) is 180 Å². The van der Waals surface area contributed by atoms with Gasteiger partial charge in [-0.25, -0.2) is 14.6 Å². The third-order valence-electron chi connectivity index (χ3n) is 7.53. The van der Waals surface area contributed by atoms with Crippen LogP contribution in [0.1, 0.15) is 72.8 Å². The molecule has 0 fully saturated rings. The number of carbonyl (C=O) groups excluding carboxylic acids is 5. The molecule has 0 bridgehead atoms. The third-order valence-corrected chi connectivity index (χ3v) is 8.59. The van der Waals surface area contributed by atoms with Gasteiger partial charge in [-0.15, -0.1) is 11.3 Å². The zero-order chi connectivity index (χ0) is 34.2. The minimum absolute atomic E-state index is 0.0586. The van der Waals surface area contributed by atoms with Crippen LogP contribution in [0.4, 0.5) is 0 Å². The molecular weight excluding hydrogens is 622 g/mol. The maximum Gasteiger partial charge on any atom is 0.266 e. The number of hydrogen-bond acceptors (Lipinski definition) is 9. The van der Waals surface area contributed by atoms with E-state index in [1.807, 2.05) is 44.2 Å². The van der Waals surface area contributed by atoms with Gasteiger partial charge in [0.05, 0.1) is 23.3 Å². The van der Waals surface area contributed by atoms with Crippen molar-refractivity contribution in [3.05, 3.63) is 51.7 Å². The van der Waals surface area contributed by atoms with Crippen LogP contribution in [0.15, 0.2) is 30.3 Å². The second-order valence-electron chi connectivity index (χ2n) is 12.1. The molecule has 0 radical (unpaired) electrons. The molecule has 1 aliphatic rings. The van der Waals surface area contributed by atoms with Gasteiger partial charge in [0.25, 0.3) is 5.91 Å². The first-order valence-corrected chi connectivity index (χ1v) is 16.5. The molecule has 2 aromatic heterocycles. The molecule has 252 valence electrons. The monoisotopic (exact) mass is 665 g/mol. The highest BCUT2D eigenvalue weighted by Crippen LogP contribution is 2.21. The fourth-order valence-corrected chi connectivity index (χ4v) is 6.11. The van der Waals surface area contributed by atoms with Crippen molar-refractivity contribution in [2.24, 2.45) is 5.92 Å². The van der Waals surface area contributed by atoms with Crippen molar-refractivity contribution in [3.8, 4) is 11.4 Å². The van der Waals surface area contributed by atoms with Crippen LogP contribution in [0.2, 0.25) is 0 Å². The Morgan fingerprint density at radius 2 is 1.66 bits per heavy atom. The van der Waals surface area contributed by atoms with Crippen molar-refractivity contribution in [1.29, 1.82) is 0 Å². The van der Waals surface area contributed by atoms with Crippen LogP contribution in [0.5, 0.6) is 0 Å². The molecule has 0 spiro atoms. The van der Waals surface area contributed by atoms with E-state index in [-0.39, 0.29) is 43.9 Å². The summed E-state index contributed by atoms with van der Waals surface area (Å²) < 4.78 is 1.46. The molecule has 47 heavy (non-hydrogen) atoms. The normalized spacial score (nSPS) is 20.7. The van der Waals surface area contributed by atoms with Gasteiger partial charge in [-0.05, 0) is 46.5 Å². The van der Waals surface area contributed by atoms with Crippen molar-refractivity contribution in [2.75, 3.05) is 19.6 Å². The van der Waals surface area contributed by atoms with Gasteiger partial charge in [-0.2, -0.15) is 5.10 Å². The summed E-state index contributed by atoms with van der Waals surface area (Å²) in [6, 6.07) is 6.75. The minimum atomic E-state index is -0.982. The van der Waals surface area contributed by atoms with E-state index in [1.54, 1.807) is 20.8 Å². The molecule has 5 amide bonds. The summed E-state index contributed by atoms with van der Waals surface area (Å²) in [5.74, 6) is -1.39. The summed E-state index contributed by atoms with van der Waals surface area (Å²) in [6.45, 7) is 10.6. The van der Waals surface area contributed by atoms with E-state index in [4.69, 9.17) is 0 Å². The SMILES string of the molecule is Cc1nc(C)c(C(=O)N2CCCNC(=O)Cn3nc(-c4ccccc4)nc3[C@H](C)NC(=O)[C@@H](CC(C)C)NC(=O)[C@@H](C)NC(=O)C2)s1. The van der Waals surface area contributed by atoms with E-state index >= 15 is 0 Å². The van der Waals surface area contributed by atoms with Crippen molar-refractivity contribution in [1.82, 2.24) is 45.9 Å². The van der Waals surface area contributed by atoms with Crippen LogP contribution in [-0.2, 0) is 25.7 Å². The number of nitrogens with zero attached hydrogens (tertiary/aromatic N) is 5. The van der Waals surface area contributed by atoms with Crippen LogP contribution in [0, 0.1) is 19.8 Å². The first-order chi connectivity index (χ1) is 22.3. The molecule has 0 saturated heterocycles. The average Bonchev–Trinajstić information content (AvgIpc) is 3.59. The molecule has 4 N–H and O–H groups in total. The molecule has 4 rings (SSSR count). The van der Waals surface area contributed by atoms with E-state index < -0.39 is 35.8 Å². The number of nitrogens with one attached hydrogen (secondary N) is 4. The zero-order valence-electron chi connectivity index (χ0n) is 27.6. The van der Waals surface area contributed by atoms with Crippen LogP contribution in [-0.4, -0.2) is 85.9 Å². The molecule has 1 aromatic carbocycles. The maximum atomic E-state index is 13.5. The van der Waals surface area contributed by atoms with E-state index in [0.29, 0.717) is 35.1 Å². The molecular formula is C32H43N9O5S. The van der Waals surface area contributed by atoms with Crippen molar-refractivity contribution in [3.63, 3.8) is 0 Å². The molecule has 14 nitrogen and oxygen atoms in total. The maximum absolute atomic E-state index is 13.5. The summed E-state index contributed by atoms with van der Waals surface area (Å²) in [4.78, 5) is 77.3. The molecule has 3 aromatic rings. The summed E-state index contributed by atoms with van der Waals surface area (Å²) in [6.07, 6.45) is 0.700. The number of rotatable bonds is 4. The lowest BCUT2D eigenvalue weighted by Gasteiger charge is -2.25. The van der Waals surface area contributed by atoms with Gasteiger partial charge in [-0.1, -0.05) is 44.2 Å². The molecule has 3 heterocycles. The Kier molecular flexibility index (Phi) is 11.8. The smallest absolute Gasteiger partial charge is 0.266 e. The highest BCUT2D eigenvalue weighted by molar-refractivity contribution is 7.13. The summed E-state index contributed by atoms with van der Waals surface area (Å²) in [5, 5.41) is 16.5. The Labute approximate surface area is 278 Å². The van der Waals surface area contributed by atoms with Crippen LogP contribution >= 0.6 is 11.3 Å². The average molecular weight is 666 g/mol. The predicted octanol–water partition coefficient (Wildman–Crippen LogP) is 1.89. The Hall–Kier alpha value is -4.66. The van der Waals surface area contributed by atoms with Gasteiger partial charge in [0, 0.05) is 18.7 Å². The highest BCUT2D eigenvalue weighted by atomic mass is 32.1. The number of benzene rings is 1. The summed E-state index contributed by atoms with van der Waals surface area (Å²) in [5.41, 5.74) is 1.31. The number of aryl methyl sites for hydroxylation is 2. The van der Waals surface area contributed by atoms with Crippen LogP contribution in [0.25, 0.3) is 11.4 Å². The minimum Gasteiger partial charge on any atom is -0.354 e. The van der Waals surface area contributed by atoms with Crippen molar-refractivity contribution < 1.29 is 24.0 Å². The number of amides is 5. The first kappa shape index (κ1) is 35.2. The van der Waals surface area contributed by atoms with E-state index in [1.165, 1.54) is 27.8 Å². The molecule has 3 atom stereocenters. The Balaban J connectivity index is 1.64. The van der Waals surface area contributed by atoms with Crippen molar-refractivity contribution >= 4 is 40.9 Å². The Morgan fingerprint density at radius 3 is 2.32 bits per heavy atom. The predicted molar refractivity (Wildman–Crippen MR) is 176 cm³/mol. The molecule has 15 heteroatoms. The quantitative estimate of drug-likeness (QED) is 0.326. The molecule has 0 unspecified atom stereocenters. The Morgan fingerprint density at radius 1 is 0.936 bits per heavy atom.